The molecule has 5 heteroatoms. The second-order valence-electron chi connectivity index (χ2n) is 2.44. The molecule has 14 heavy (non-hydrogen) atoms. The maximum Gasteiger partial charge on any atom is 0.188 e. The van der Waals surface area contributed by atoms with Crippen LogP contribution < -0.4 is 4.74 Å². The van der Waals surface area contributed by atoms with E-state index in [2.05, 4.69) is 0 Å². The fourth-order valence-electron chi connectivity index (χ4n) is 0.941. The third kappa shape index (κ3) is 2.74. The molecule has 78 valence electrons. The second-order valence-corrected chi connectivity index (χ2v) is 4.42. The summed E-state index contributed by atoms with van der Waals surface area (Å²) in [6.45, 7) is 0.133. The zero-order chi connectivity index (χ0) is 10.6. The molecule has 1 aromatic carbocycles. The summed E-state index contributed by atoms with van der Waals surface area (Å²) in [4.78, 5) is 0.522. The van der Waals surface area contributed by atoms with Gasteiger partial charge in [0.15, 0.2) is 12.6 Å². The average molecular weight is 328 g/mol. The van der Waals surface area contributed by atoms with Crippen LogP contribution in [0, 0.1) is 9.39 Å². The molecule has 0 amide bonds. The number of hydrogen-bond donors (Lipinski definition) is 0. The van der Waals surface area contributed by atoms with Crippen molar-refractivity contribution in [1.82, 2.24) is 0 Å². The van der Waals surface area contributed by atoms with Gasteiger partial charge in [0.2, 0.25) is 0 Å². The van der Waals surface area contributed by atoms with Gasteiger partial charge in [0.25, 0.3) is 0 Å². The van der Waals surface area contributed by atoms with E-state index in [1.165, 1.54) is 18.9 Å². The minimum atomic E-state index is -0.230. The first kappa shape index (κ1) is 12.1. The van der Waals surface area contributed by atoms with Crippen molar-refractivity contribution in [2.75, 3.05) is 20.2 Å². The van der Waals surface area contributed by atoms with Crippen LogP contribution in [0.15, 0.2) is 17.0 Å². The Morgan fingerprint density at radius 1 is 1.50 bits per heavy atom. The Morgan fingerprint density at radius 2 is 2.21 bits per heavy atom. The molecule has 0 aliphatic heterocycles. The summed E-state index contributed by atoms with van der Waals surface area (Å²) in [6.07, 6.45) is 1.81. The first-order valence-corrected chi connectivity index (χ1v) is 6.14. The van der Waals surface area contributed by atoms with Crippen LogP contribution >= 0.6 is 34.4 Å². The Labute approximate surface area is 100 Å². The monoisotopic (exact) mass is 328 g/mol. The lowest BCUT2D eigenvalue weighted by Crippen LogP contribution is -2.01. The lowest BCUT2D eigenvalue weighted by molar-refractivity contribution is 0.0487. The molecule has 0 radical (unpaired) electrons. The summed E-state index contributed by atoms with van der Waals surface area (Å²) in [5.74, 6) is 0.295. The van der Waals surface area contributed by atoms with Crippen LogP contribution in [-0.2, 0) is 4.74 Å². The smallest absolute Gasteiger partial charge is 0.188 e. The van der Waals surface area contributed by atoms with Crippen LogP contribution in [0.25, 0.3) is 0 Å². The van der Waals surface area contributed by atoms with Gasteiger partial charge in [0.1, 0.15) is 5.75 Å². The zero-order valence-corrected chi connectivity index (χ0v) is 10.8. The average Bonchev–Trinajstić information content (AvgIpc) is 2.20. The molecule has 0 unspecified atom stereocenters. The summed E-state index contributed by atoms with van der Waals surface area (Å²) >= 11 is 3.28. The predicted molar refractivity (Wildman–Crippen MR) is 63.4 cm³/mol. The Kier molecular flexibility index (Phi) is 4.97. The number of thioether (sulfide) groups is 1. The van der Waals surface area contributed by atoms with Gasteiger partial charge >= 0.3 is 0 Å². The van der Waals surface area contributed by atoms with Crippen LogP contribution in [0.5, 0.6) is 5.75 Å². The van der Waals surface area contributed by atoms with Crippen LogP contribution in [0.4, 0.5) is 4.39 Å². The van der Waals surface area contributed by atoms with Gasteiger partial charge in [-0.1, -0.05) is 0 Å². The SMILES string of the molecule is COCOc1ccc(I)c(F)c1SC. The van der Waals surface area contributed by atoms with Gasteiger partial charge in [0.05, 0.1) is 8.47 Å². The molecule has 0 aliphatic carbocycles. The largest absolute Gasteiger partial charge is 0.466 e. The fourth-order valence-corrected chi connectivity index (χ4v) is 2.19. The third-order valence-corrected chi connectivity index (χ3v) is 3.17. The molecule has 1 rings (SSSR count). The van der Waals surface area contributed by atoms with E-state index in [9.17, 15) is 4.39 Å². The van der Waals surface area contributed by atoms with Crippen molar-refractivity contribution < 1.29 is 13.9 Å². The second kappa shape index (κ2) is 5.77. The lowest BCUT2D eigenvalue weighted by Gasteiger charge is -2.10. The fraction of sp³-hybridized carbons (Fsp3) is 0.333. The van der Waals surface area contributed by atoms with Crippen LogP contribution in [0.1, 0.15) is 0 Å². The van der Waals surface area contributed by atoms with Crippen molar-refractivity contribution >= 4 is 34.4 Å². The summed E-state index contributed by atoms with van der Waals surface area (Å²) in [7, 11) is 1.53. The molecule has 2 nitrogen and oxygen atoms in total. The summed E-state index contributed by atoms with van der Waals surface area (Å²) in [5.41, 5.74) is 0. The van der Waals surface area contributed by atoms with E-state index in [1.807, 2.05) is 28.8 Å². The molecule has 0 bridgehead atoms. The molecule has 0 heterocycles. The number of hydrogen-bond acceptors (Lipinski definition) is 3. The van der Waals surface area contributed by atoms with Crippen molar-refractivity contribution in [3.05, 3.63) is 21.5 Å². The molecule has 0 spiro atoms. The van der Waals surface area contributed by atoms with E-state index >= 15 is 0 Å². The number of rotatable bonds is 4. The molecule has 0 aliphatic rings. The lowest BCUT2D eigenvalue weighted by atomic mass is 10.3. The zero-order valence-electron chi connectivity index (χ0n) is 7.84. The molecule has 0 N–H and O–H groups in total. The van der Waals surface area contributed by atoms with E-state index < -0.39 is 0 Å². The Morgan fingerprint density at radius 3 is 2.79 bits per heavy atom. The van der Waals surface area contributed by atoms with E-state index in [-0.39, 0.29) is 12.6 Å². The van der Waals surface area contributed by atoms with Gasteiger partial charge in [0, 0.05) is 7.11 Å². The Balaban J connectivity index is 2.98. The third-order valence-electron chi connectivity index (χ3n) is 1.55. The maximum atomic E-state index is 13.5. The summed E-state index contributed by atoms with van der Waals surface area (Å²) in [6, 6.07) is 3.43. The highest BCUT2D eigenvalue weighted by Crippen LogP contribution is 2.32. The summed E-state index contributed by atoms with van der Waals surface area (Å²) < 4.78 is 24.1. The quantitative estimate of drug-likeness (QED) is 0.481. The van der Waals surface area contributed by atoms with Crippen molar-refractivity contribution in [2.24, 2.45) is 0 Å². The number of benzene rings is 1. The Hall–Kier alpha value is -0.0100. The van der Waals surface area contributed by atoms with Crippen molar-refractivity contribution in [2.45, 2.75) is 4.90 Å². The predicted octanol–water partition coefficient (Wildman–Crippen LogP) is 3.13. The van der Waals surface area contributed by atoms with E-state index in [4.69, 9.17) is 9.47 Å². The number of ether oxygens (including phenoxy) is 2. The molecule has 0 saturated heterocycles. The van der Waals surface area contributed by atoms with Crippen molar-refractivity contribution in [1.29, 1.82) is 0 Å². The minimum absolute atomic E-state index is 0.133. The summed E-state index contributed by atoms with van der Waals surface area (Å²) in [5, 5.41) is 0. The first-order valence-electron chi connectivity index (χ1n) is 3.84. The van der Waals surface area contributed by atoms with E-state index in [0.29, 0.717) is 14.2 Å². The molecule has 0 saturated carbocycles. The highest BCUT2D eigenvalue weighted by molar-refractivity contribution is 14.1. The van der Waals surface area contributed by atoms with Crippen LogP contribution in [-0.4, -0.2) is 20.2 Å². The van der Waals surface area contributed by atoms with Gasteiger partial charge in [-0.25, -0.2) is 4.39 Å². The molecular weight excluding hydrogens is 318 g/mol. The van der Waals surface area contributed by atoms with Gasteiger partial charge < -0.3 is 9.47 Å². The normalized spacial score (nSPS) is 10.3. The standard InChI is InChI=1S/C9H10FIO2S/c1-12-5-13-7-4-3-6(11)8(10)9(7)14-2/h3-4H,5H2,1-2H3. The highest BCUT2D eigenvalue weighted by Gasteiger charge is 2.11. The molecule has 0 fully saturated rings. The van der Waals surface area contributed by atoms with Crippen LogP contribution in [0.3, 0.4) is 0 Å². The van der Waals surface area contributed by atoms with Crippen molar-refractivity contribution in [3.63, 3.8) is 0 Å². The highest BCUT2D eigenvalue weighted by atomic mass is 127. The first-order chi connectivity index (χ1) is 6.70. The van der Waals surface area contributed by atoms with E-state index in [1.54, 1.807) is 12.1 Å². The van der Waals surface area contributed by atoms with Gasteiger partial charge in [-0.2, -0.15) is 0 Å². The van der Waals surface area contributed by atoms with Crippen molar-refractivity contribution in [3.8, 4) is 5.75 Å². The molecule has 0 aromatic heterocycles. The molecule has 1 aromatic rings. The van der Waals surface area contributed by atoms with Crippen LogP contribution in [0.2, 0.25) is 0 Å². The number of methoxy groups -OCH3 is 1. The topological polar surface area (TPSA) is 18.5 Å². The van der Waals surface area contributed by atoms with Gasteiger partial charge in [-0.05, 0) is 41.0 Å². The van der Waals surface area contributed by atoms with Gasteiger partial charge in [-0.3, -0.25) is 0 Å². The molecular formula is C9H10FIO2S. The number of halogens is 2. The molecule has 0 atom stereocenters. The Bertz CT molecular complexity index is 320. The minimum Gasteiger partial charge on any atom is -0.466 e. The maximum absolute atomic E-state index is 13.5. The van der Waals surface area contributed by atoms with Gasteiger partial charge in [-0.15, -0.1) is 11.8 Å². The van der Waals surface area contributed by atoms with E-state index in [0.717, 1.165) is 0 Å².